The Labute approximate surface area is 133 Å². The zero-order chi connectivity index (χ0) is 15.7. The van der Waals surface area contributed by atoms with Gasteiger partial charge in [0.1, 0.15) is 11.8 Å². The lowest BCUT2D eigenvalue weighted by Crippen LogP contribution is -2.11. The van der Waals surface area contributed by atoms with Gasteiger partial charge in [-0.3, -0.25) is 0 Å². The van der Waals surface area contributed by atoms with E-state index < -0.39 is 0 Å². The van der Waals surface area contributed by atoms with Crippen molar-refractivity contribution in [3.8, 4) is 22.3 Å². The molecular formula is C17H16N4S. The van der Waals surface area contributed by atoms with Gasteiger partial charge >= 0.3 is 0 Å². The van der Waals surface area contributed by atoms with Crippen molar-refractivity contribution in [1.29, 1.82) is 5.26 Å². The minimum absolute atomic E-state index is 0.106. The van der Waals surface area contributed by atoms with Crippen molar-refractivity contribution < 1.29 is 0 Å². The van der Waals surface area contributed by atoms with Gasteiger partial charge in [0.2, 0.25) is 0 Å². The average molecular weight is 308 g/mol. The van der Waals surface area contributed by atoms with Crippen molar-refractivity contribution in [3.05, 3.63) is 53.0 Å². The zero-order valence-corrected chi connectivity index (χ0v) is 13.6. The van der Waals surface area contributed by atoms with Gasteiger partial charge in [-0.05, 0) is 34.6 Å². The molecule has 22 heavy (non-hydrogen) atoms. The van der Waals surface area contributed by atoms with E-state index in [2.05, 4.69) is 49.3 Å². The molecule has 0 atom stereocenters. The number of hydrogen-bond acceptors (Lipinski definition) is 4. The Kier molecular flexibility index (Phi) is 3.55. The van der Waals surface area contributed by atoms with Crippen LogP contribution in [0.25, 0.3) is 16.3 Å². The molecule has 0 unspecified atom stereocenters. The Hall–Kier alpha value is -2.45. The molecule has 0 amide bonds. The molecule has 0 N–H and O–H groups in total. The smallest absolute Gasteiger partial charge is 0.191 e. The molecule has 3 rings (SSSR count). The molecule has 0 aliphatic rings. The van der Waals surface area contributed by atoms with Gasteiger partial charge in [-0.2, -0.15) is 5.26 Å². The number of nitriles is 1. The molecule has 110 valence electrons. The minimum atomic E-state index is 0.106. The fourth-order valence-electron chi connectivity index (χ4n) is 2.27. The second-order valence-electron chi connectivity index (χ2n) is 6.08. The Morgan fingerprint density at radius 2 is 1.86 bits per heavy atom. The third-order valence-electron chi connectivity index (χ3n) is 3.51. The van der Waals surface area contributed by atoms with Gasteiger partial charge in [-0.15, -0.1) is 16.4 Å². The molecule has 0 fully saturated rings. The first-order chi connectivity index (χ1) is 10.5. The molecule has 2 aromatic heterocycles. The highest BCUT2D eigenvalue weighted by molar-refractivity contribution is 7.13. The summed E-state index contributed by atoms with van der Waals surface area (Å²) < 4.78 is 1.73. The second-order valence-corrected chi connectivity index (χ2v) is 7.03. The van der Waals surface area contributed by atoms with Crippen molar-refractivity contribution >= 4 is 11.3 Å². The summed E-state index contributed by atoms with van der Waals surface area (Å²) in [5.41, 5.74) is 3.37. The van der Waals surface area contributed by atoms with Crippen LogP contribution in [0.3, 0.4) is 0 Å². The molecule has 0 radical (unpaired) electrons. The highest BCUT2D eigenvalue weighted by atomic mass is 32.1. The van der Waals surface area contributed by atoms with Gasteiger partial charge in [0.25, 0.3) is 0 Å². The number of nitrogens with zero attached hydrogens (tertiary/aromatic N) is 4. The maximum Gasteiger partial charge on any atom is 0.191 e. The topological polar surface area (TPSA) is 54.5 Å². The van der Waals surface area contributed by atoms with E-state index in [1.807, 2.05) is 29.6 Å². The summed E-state index contributed by atoms with van der Waals surface area (Å²) in [6, 6.07) is 14.3. The lowest BCUT2D eigenvalue weighted by molar-refractivity contribution is 0.590. The SMILES string of the molecule is CC(C)(C)c1ccc(-n2nnc(C#N)c2-c2cccs2)cc1. The highest BCUT2D eigenvalue weighted by Crippen LogP contribution is 2.29. The summed E-state index contributed by atoms with van der Waals surface area (Å²) in [7, 11) is 0. The maximum atomic E-state index is 9.27. The van der Waals surface area contributed by atoms with Crippen molar-refractivity contribution in [2.45, 2.75) is 26.2 Å². The fraction of sp³-hybridized carbons (Fsp3) is 0.235. The molecule has 5 heteroatoms. The standard InChI is InChI=1S/C17H16N4S/c1-17(2,3)12-6-8-13(9-7-12)21-16(14(11-18)19-20-21)15-5-4-10-22-15/h4-10H,1-3H3. The molecule has 4 nitrogen and oxygen atoms in total. The third kappa shape index (κ3) is 2.53. The van der Waals surface area contributed by atoms with Gasteiger partial charge in [-0.1, -0.05) is 44.2 Å². The Morgan fingerprint density at radius 3 is 2.41 bits per heavy atom. The Balaban J connectivity index is 2.10. The molecular weight excluding hydrogens is 292 g/mol. The molecule has 3 aromatic rings. The van der Waals surface area contributed by atoms with Gasteiger partial charge in [0.05, 0.1) is 10.6 Å². The monoisotopic (exact) mass is 308 g/mol. The first-order valence-electron chi connectivity index (χ1n) is 7.01. The van der Waals surface area contributed by atoms with E-state index >= 15 is 0 Å². The summed E-state index contributed by atoms with van der Waals surface area (Å²) in [4.78, 5) is 0.987. The summed E-state index contributed by atoms with van der Waals surface area (Å²) in [6.07, 6.45) is 0. The number of rotatable bonds is 2. The fourth-order valence-corrected chi connectivity index (χ4v) is 3.03. The average Bonchev–Trinajstić information content (AvgIpc) is 3.15. The van der Waals surface area contributed by atoms with Crippen LogP contribution >= 0.6 is 11.3 Å². The van der Waals surface area contributed by atoms with Crippen LogP contribution in [0.1, 0.15) is 32.0 Å². The second kappa shape index (κ2) is 5.39. The minimum Gasteiger partial charge on any atom is -0.211 e. The van der Waals surface area contributed by atoms with Crippen LogP contribution in [-0.4, -0.2) is 15.0 Å². The third-order valence-corrected chi connectivity index (χ3v) is 4.39. The zero-order valence-electron chi connectivity index (χ0n) is 12.7. The van der Waals surface area contributed by atoms with Crippen LogP contribution in [0.15, 0.2) is 41.8 Å². The van der Waals surface area contributed by atoms with E-state index in [-0.39, 0.29) is 5.41 Å². The summed E-state index contributed by atoms with van der Waals surface area (Å²) >= 11 is 1.57. The summed E-state index contributed by atoms with van der Waals surface area (Å²) in [6.45, 7) is 6.55. The van der Waals surface area contributed by atoms with Crippen LogP contribution < -0.4 is 0 Å². The predicted molar refractivity (Wildman–Crippen MR) is 88.1 cm³/mol. The Bertz CT molecular complexity index is 815. The molecule has 0 bridgehead atoms. The number of thiophene rings is 1. The molecule has 2 heterocycles. The predicted octanol–water partition coefficient (Wildman–Crippen LogP) is 4.16. The van der Waals surface area contributed by atoms with Crippen LogP contribution in [0.5, 0.6) is 0 Å². The van der Waals surface area contributed by atoms with E-state index in [4.69, 9.17) is 0 Å². The van der Waals surface area contributed by atoms with Gasteiger partial charge in [-0.25, -0.2) is 4.68 Å². The normalized spacial score (nSPS) is 11.4. The van der Waals surface area contributed by atoms with Crippen molar-refractivity contribution in [1.82, 2.24) is 15.0 Å². The molecule has 0 aliphatic carbocycles. The van der Waals surface area contributed by atoms with Crippen LogP contribution in [0, 0.1) is 11.3 Å². The van der Waals surface area contributed by atoms with Crippen LogP contribution in [0.2, 0.25) is 0 Å². The van der Waals surface area contributed by atoms with E-state index in [0.717, 1.165) is 16.3 Å². The van der Waals surface area contributed by atoms with E-state index in [1.54, 1.807) is 16.0 Å². The molecule has 1 aromatic carbocycles. The lowest BCUT2D eigenvalue weighted by Gasteiger charge is -2.19. The van der Waals surface area contributed by atoms with Crippen molar-refractivity contribution in [2.75, 3.05) is 0 Å². The number of hydrogen-bond donors (Lipinski definition) is 0. The maximum absolute atomic E-state index is 9.27. The lowest BCUT2D eigenvalue weighted by atomic mass is 9.87. The van der Waals surface area contributed by atoms with Crippen LogP contribution in [0.4, 0.5) is 0 Å². The van der Waals surface area contributed by atoms with Crippen LogP contribution in [-0.2, 0) is 5.41 Å². The van der Waals surface area contributed by atoms with Gasteiger partial charge < -0.3 is 0 Å². The van der Waals surface area contributed by atoms with Crippen molar-refractivity contribution in [2.24, 2.45) is 0 Å². The van der Waals surface area contributed by atoms with E-state index in [1.165, 1.54) is 5.56 Å². The molecule has 0 spiro atoms. The van der Waals surface area contributed by atoms with E-state index in [9.17, 15) is 5.26 Å². The number of aromatic nitrogens is 3. The van der Waals surface area contributed by atoms with Crippen molar-refractivity contribution in [3.63, 3.8) is 0 Å². The molecule has 0 saturated carbocycles. The molecule has 0 aliphatic heterocycles. The Morgan fingerprint density at radius 1 is 1.14 bits per heavy atom. The highest BCUT2D eigenvalue weighted by Gasteiger charge is 2.18. The first kappa shape index (κ1) is 14.5. The largest absolute Gasteiger partial charge is 0.211 e. The summed E-state index contributed by atoms with van der Waals surface area (Å²) in [5.74, 6) is 0. The number of benzene rings is 1. The van der Waals surface area contributed by atoms with Gasteiger partial charge in [0.15, 0.2) is 5.69 Å². The summed E-state index contributed by atoms with van der Waals surface area (Å²) in [5, 5.41) is 19.4. The molecule has 0 saturated heterocycles. The first-order valence-corrected chi connectivity index (χ1v) is 7.89. The van der Waals surface area contributed by atoms with E-state index in [0.29, 0.717) is 5.69 Å². The quantitative estimate of drug-likeness (QED) is 0.714. The van der Waals surface area contributed by atoms with Gasteiger partial charge in [0, 0.05) is 0 Å².